The average molecular weight is 143 g/mol. The molecule has 1 radical (unpaired) electrons. The summed E-state index contributed by atoms with van der Waals surface area (Å²) in [6.45, 7) is 5.57. The van der Waals surface area contributed by atoms with Crippen molar-refractivity contribution >= 4 is 0 Å². The van der Waals surface area contributed by atoms with E-state index in [4.69, 9.17) is 0 Å². The van der Waals surface area contributed by atoms with Crippen LogP contribution in [0.4, 0.5) is 0 Å². The van der Waals surface area contributed by atoms with E-state index in [9.17, 15) is 0 Å². The molecule has 1 aromatic rings. The highest BCUT2D eigenvalue weighted by Crippen LogP contribution is 2.06. The SMILES string of the molecule is [CH2]C#CCc1ccccc1C. The van der Waals surface area contributed by atoms with Gasteiger partial charge >= 0.3 is 0 Å². The van der Waals surface area contributed by atoms with Gasteiger partial charge in [-0.1, -0.05) is 30.2 Å². The summed E-state index contributed by atoms with van der Waals surface area (Å²) in [5.74, 6) is 5.59. The Morgan fingerprint density at radius 3 is 2.73 bits per heavy atom. The quantitative estimate of drug-likeness (QED) is 0.529. The zero-order valence-electron chi connectivity index (χ0n) is 6.72. The summed E-state index contributed by atoms with van der Waals surface area (Å²) in [7, 11) is 0. The van der Waals surface area contributed by atoms with Gasteiger partial charge in [0.25, 0.3) is 0 Å². The third-order valence-corrected chi connectivity index (χ3v) is 1.67. The van der Waals surface area contributed by atoms with Crippen LogP contribution in [-0.4, -0.2) is 0 Å². The summed E-state index contributed by atoms with van der Waals surface area (Å²) in [4.78, 5) is 0. The van der Waals surface area contributed by atoms with Gasteiger partial charge < -0.3 is 0 Å². The molecule has 55 valence electrons. The topological polar surface area (TPSA) is 0 Å². The highest BCUT2D eigenvalue weighted by Gasteiger charge is 1.91. The Bertz CT molecular complexity index is 286. The van der Waals surface area contributed by atoms with Gasteiger partial charge in [0.05, 0.1) is 0 Å². The van der Waals surface area contributed by atoms with Crippen molar-refractivity contribution in [2.45, 2.75) is 13.3 Å². The molecule has 0 saturated heterocycles. The van der Waals surface area contributed by atoms with E-state index >= 15 is 0 Å². The van der Waals surface area contributed by atoms with Gasteiger partial charge in [0.2, 0.25) is 0 Å². The van der Waals surface area contributed by atoms with Crippen LogP contribution in [0, 0.1) is 25.7 Å². The van der Waals surface area contributed by atoms with E-state index in [1.165, 1.54) is 11.1 Å². The predicted molar refractivity (Wildman–Crippen MR) is 48.0 cm³/mol. The van der Waals surface area contributed by atoms with E-state index in [1.54, 1.807) is 0 Å². The fourth-order valence-corrected chi connectivity index (χ4v) is 0.966. The van der Waals surface area contributed by atoms with E-state index in [2.05, 4.69) is 37.8 Å². The fourth-order valence-electron chi connectivity index (χ4n) is 0.966. The standard InChI is InChI=1S/C11H11/c1-3-4-8-11-9-6-5-7-10(11)2/h5-7,9H,1,8H2,2H3. The highest BCUT2D eigenvalue weighted by atomic mass is 14.0. The van der Waals surface area contributed by atoms with Crippen molar-refractivity contribution < 1.29 is 0 Å². The molecule has 0 unspecified atom stereocenters. The smallest absolute Gasteiger partial charge is 0.0342 e. The zero-order valence-corrected chi connectivity index (χ0v) is 6.72. The van der Waals surface area contributed by atoms with Crippen molar-refractivity contribution in [3.05, 3.63) is 42.3 Å². The van der Waals surface area contributed by atoms with Gasteiger partial charge in [-0.25, -0.2) is 0 Å². The summed E-state index contributed by atoms with van der Waals surface area (Å²) in [5, 5.41) is 0. The van der Waals surface area contributed by atoms with Crippen LogP contribution in [-0.2, 0) is 6.42 Å². The largest absolute Gasteiger partial charge is 0.102 e. The lowest BCUT2D eigenvalue weighted by Crippen LogP contribution is -1.84. The number of benzene rings is 1. The molecule has 0 bridgehead atoms. The molecule has 1 rings (SSSR count). The molecule has 0 aromatic heterocycles. The summed E-state index contributed by atoms with van der Waals surface area (Å²) in [6, 6.07) is 8.27. The number of aryl methyl sites for hydroxylation is 1. The minimum absolute atomic E-state index is 0.816. The second-order valence-electron chi connectivity index (χ2n) is 2.46. The van der Waals surface area contributed by atoms with Crippen molar-refractivity contribution in [1.29, 1.82) is 0 Å². The molecule has 11 heavy (non-hydrogen) atoms. The maximum absolute atomic E-state index is 3.47. The minimum atomic E-state index is 0.816. The second kappa shape index (κ2) is 3.83. The molecule has 0 N–H and O–H groups in total. The predicted octanol–water partition coefficient (Wildman–Crippen LogP) is 2.38. The van der Waals surface area contributed by atoms with Gasteiger partial charge in [-0.15, -0.1) is 5.92 Å². The third-order valence-electron chi connectivity index (χ3n) is 1.67. The molecule has 1 aromatic carbocycles. The van der Waals surface area contributed by atoms with Crippen molar-refractivity contribution in [2.24, 2.45) is 0 Å². The first kappa shape index (κ1) is 7.88. The van der Waals surface area contributed by atoms with E-state index in [-0.39, 0.29) is 0 Å². The van der Waals surface area contributed by atoms with Gasteiger partial charge in [-0.3, -0.25) is 0 Å². The summed E-state index contributed by atoms with van der Waals surface area (Å²) >= 11 is 0. The van der Waals surface area contributed by atoms with E-state index < -0.39 is 0 Å². The fraction of sp³-hybridized carbons (Fsp3) is 0.182. The van der Waals surface area contributed by atoms with Crippen molar-refractivity contribution in [1.82, 2.24) is 0 Å². The average Bonchev–Trinajstić information content (AvgIpc) is 2.03. The Balaban J connectivity index is 2.83. The molecule has 0 aliphatic heterocycles. The Morgan fingerprint density at radius 1 is 1.36 bits per heavy atom. The molecule has 0 atom stereocenters. The highest BCUT2D eigenvalue weighted by molar-refractivity contribution is 5.29. The summed E-state index contributed by atoms with van der Waals surface area (Å²) < 4.78 is 0. The van der Waals surface area contributed by atoms with Crippen LogP contribution >= 0.6 is 0 Å². The van der Waals surface area contributed by atoms with Crippen LogP contribution in [0.2, 0.25) is 0 Å². The van der Waals surface area contributed by atoms with Gasteiger partial charge in [0.1, 0.15) is 0 Å². The molecule has 0 amide bonds. The second-order valence-corrected chi connectivity index (χ2v) is 2.46. The first-order valence-corrected chi connectivity index (χ1v) is 3.64. The van der Waals surface area contributed by atoms with Crippen LogP contribution in [0.5, 0.6) is 0 Å². The molecule has 0 aliphatic rings. The molecule has 0 spiro atoms. The van der Waals surface area contributed by atoms with Crippen LogP contribution in [0.15, 0.2) is 24.3 Å². The zero-order chi connectivity index (χ0) is 8.10. The van der Waals surface area contributed by atoms with Crippen molar-refractivity contribution in [3.63, 3.8) is 0 Å². The molecule has 0 aliphatic carbocycles. The Labute approximate surface area is 68.3 Å². The van der Waals surface area contributed by atoms with Gasteiger partial charge in [0, 0.05) is 13.3 Å². The van der Waals surface area contributed by atoms with Crippen molar-refractivity contribution in [2.75, 3.05) is 0 Å². The van der Waals surface area contributed by atoms with E-state index in [1.807, 2.05) is 12.1 Å². The molecule has 0 heterocycles. The molecule has 0 saturated carbocycles. The van der Waals surface area contributed by atoms with E-state index in [0.717, 1.165) is 6.42 Å². The Hall–Kier alpha value is -1.22. The molecular weight excluding hydrogens is 132 g/mol. The lowest BCUT2D eigenvalue weighted by atomic mass is 10.1. The van der Waals surface area contributed by atoms with Crippen LogP contribution < -0.4 is 0 Å². The number of rotatable bonds is 1. The molecule has 0 nitrogen and oxygen atoms in total. The van der Waals surface area contributed by atoms with Crippen LogP contribution in [0.1, 0.15) is 11.1 Å². The van der Waals surface area contributed by atoms with Gasteiger partial charge in [-0.05, 0) is 18.1 Å². The van der Waals surface area contributed by atoms with Gasteiger partial charge in [0.15, 0.2) is 0 Å². The van der Waals surface area contributed by atoms with E-state index in [0.29, 0.717) is 0 Å². The summed E-state index contributed by atoms with van der Waals surface area (Å²) in [5.41, 5.74) is 2.60. The van der Waals surface area contributed by atoms with Crippen molar-refractivity contribution in [3.8, 4) is 11.8 Å². The number of hydrogen-bond donors (Lipinski definition) is 0. The minimum Gasteiger partial charge on any atom is -0.102 e. The van der Waals surface area contributed by atoms with Crippen LogP contribution in [0.25, 0.3) is 0 Å². The van der Waals surface area contributed by atoms with Gasteiger partial charge in [-0.2, -0.15) is 0 Å². The first-order valence-electron chi connectivity index (χ1n) is 3.64. The lowest BCUT2D eigenvalue weighted by Gasteiger charge is -1.98. The Kier molecular flexibility index (Phi) is 2.74. The first-order chi connectivity index (χ1) is 5.34. The maximum atomic E-state index is 3.47. The maximum Gasteiger partial charge on any atom is 0.0342 e. The third kappa shape index (κ3) is 2.13. The summed E-state index contributed by atoms with van der Waals surface area (Å²) in [6.07, 6.45) is 0.816. The Morgan fingerprint density at radius 2 is 2.09 bits per heavy atom. The normalized spacial score (nSPS) is 8.55. The van der Waals surface area contributed by atoms with Crippen LogP contribution in [0.3, 0.4) is 0 Å². The number of hydrogen-bond acceptors (Lipinski definition) is 0. The molecule has 0 heteroatoms. The molecular formula is C11H11. The molecule has 0 fully saturated rings. The monoisotopic (exact) mass is 143 g/mol. The lowest BCUT2D eigenvalue weighted by molar-refractivity contribution is 1.25.